The molecule has 0 aliphatic rings. The fourth-order valence-electron chi connectivity index (χ4n) is 2.52. The lowest BCUT2D eigenvalue weighted by molar-refractivity contribution is -0.390. The molecule has 3 aromatic rings. The first-order valence-corrected chi connectivity index (χ1v) is 8.34. The summed E-state index contributed by atoms with van der Waals surface area (Å²) < 4.78 is 10.8. The molecule has 1 heterocycles. The summed E-state index contributed by atoms with van der Waals surface area (Å²) in [7, 11) is 1.55. The number of rotatable bonds is 7. The van der Waals surface area contributed by atoms with E-state index in [1.165, 1.54) is 18.3 Å². The van der Waals surface area contributed by atoms with Gasteiger partial charge in [0, 0.05) is 11.3 Å². The Balaban J connectivity index is 1.89. The summed E-state index contributed by atoms with van der Waals surface area (Å²) in [5.74, 6) is -0.374. The highest BCUT2D eigenvalue weighted by atomic mass is 16.6. The van der Waals surface area contributed by atoms with Crippen LogP contribution in [0.25, 0.3) is 0 Å². The maximum atomic E-state index is 12.9. The average molecular weight is 379 g/mol. The predicted molar refractivity (Wildman–Crippen MR) is 102 cm³/mol. The van der Waals surface area contributed by atoms with Gasteiger partial charge in [0.25, 0.3) is 5.91 Å². The van der Waals surface area contributed by atoms with Crippen LogP contribution in [0.1, 0.15) is 11.7 Å². The second-order valence-electron chi connectivity index (χ2n) is 5.71. The van der Waals surface area contributed by atoms with Crippen molar-refractivity contribution >= 4 is 17.4 Å². The molecule has 8 heteroatoms. The van der Waals surface area contributed by atoms with Crippen LogP contribution in [0, 0.1) is 10.1 Å². The van der Waals surface area contributed by atoms with E-state index in [1.807, 2.05) is 0 Å². The summed E-state index contributed by atoms with van der Waals surface area (Å²) in [6.45, 7) is 0. The molecule has 0 spiro atoms. The van der Waals surface area contributed by atoms with Gasteiger partial charge in [-0.15, -0.1) is 0 Å². The lowest BCUT2D eigenvalue weighted by Gasteiger charge is -2.19. The maximum Gasteiger partial charge on any atom is 0.406 e. The quantitative estimate of drug-likeness (QED) is 0.495. The van der Waals surface area contributed by atoms with Crippen LogP contribution in [0.4, 0.5) is 11.5 Å². The Morgan fingerprint density at radius 1 is 1.07 bits per heavy atom. The van der Waals surface area contributed by atoms with Crippen molar-refractivity contribution in [1.82, 2.24) is 4.98 Å². The molecule has 8 nitrogen and oxygen atoms in total. The van der Waals surface area contributed by atoms with E-state index in [9.17, 15) is 14.9 Å². The number of hydrogen-bond acceptors (Lipinski definition) is 6. The third-order valence-corrected chi connectivity index (χ3v) is 3.87. The Bertz CT molecular complexity index is 961. The molecule has 28 heavy (non-hydrogen) atoms. The van der Waals surface area contributed by atoms with Gasteiger partial charge in [-0.05, 0) is 46.3 Å². The summed E-state index contributed by atoms with van der Waals surface area (Å²) in [5.41, 5.74) is 1.09. The van der Waals surface area contributed by atoms with Crippen LogP contribution in [-0.2, 0) is 4.79 Å². The van der Waals surface area contributed by atoms with Gasteiger partial charge in [0.15, 0.2) is 0 Å². The number of benzene rings is 2. The second-order valence-corrected chi connectivity index (χ2v) is 5.71. The summed E-state index contributed by atoms with van der Waals surface area (Å²) >= 11 is 0. The highest BCUT2D eigenvalue weighted by Crippen LogP contribution is 2.29. The number of pyridine rings is 1. The number of methoxy groups -OCH3 is 1. The molecule has 1 aromatic heterocycles. The topological polar surface area (TPSA) is 104 Å². The van der Waals surface area contributed by atoms with E-state index in [4.69, 9.17) is 9.47 Å². The molecule has 3 rings (SSSR count). The number of anilines is 1. The second kappa shape index (κ2) is 8.63. The minimum atomic E-state index is -1.11. The molecule has 0 saturated carbocycles. The van der Waals surface area contributed by atoms with Crippen molar-refractivity contribution in [3.8, 4) is 11.5 Å². The van der Waals surface area contributed by atoms with Crippen LogP contribution in [0.2, 0.25) is 0 Å². The predicted octanol–water partition coefficient (Wildman–Crippen LogP) is 3.76. The number of nitrogens with one attached hydrogen (secondary N) is 1. The van der Waals surface area contributed by atoms with Crippen LogP contribution in [-0.4, -0.2) is 22.9 Å². The van der Waals surface area contributed by atoms with Gasteiger partial charge in [0.05, 0.1) is 7.11 Å². The lowest BCUT2D eigenvalue weighted by Crippen LogP contribution is -2.26. The van der Waals surface area contributed by atoms with Gasteiger partial charge in [-0.25, -0.2) is 0 Å². The summed E-state index contributed by atoms with van der Waals surface area (Å²) in [6, 6.07) is 18.4. The SMILES string of the molecule is COc1ccc(NC(=O)C(Oc2cccnc2[N+](=O)[O-])c2ccccc2)cc1. The number of ether oxygens (including phenoxy) is 2. The average Bonchev–Trinajstić information content (AvgIpc) is 2.73. The van der Waals surface area contributed by atoms with E-state index in [2.05, 4.69) is 10.3 Å². The number of carbonyl (C=O) groups excluding carboxylic acids is 1. The normalized spacial score (nSPS) is 11.3. The van der Waals surface area contributed by atoms with E-state index < -0.39 is 22.8 Å². The van der Waals surface area contributed by atoms with E-state index in [1.54, 1.807) is 61.7 Å². The number of nitrogens with zero attached hydrogens (tertiary/aromatic N) is 2. The van der Waals surface area contributed by atoms with Crippen LogP contribution in [0.5, 0.6) is 11.5 Å². The fourth-order valence-corrected chi connectivity index (χ4v) is 2.52. The molecule has 142 valence electrons. The van der Waals surface area contributed by atoms with E-state index in [0.29, 0.717) is 17.0 Å². The lowest BCUT2D eigenvalue weighted by atomic mass is 10.1. The summed E-state index contributed by atoms with van der Waals surface area (Å²) in [5, 5.41) is 14.0. The number of aromatic nitrogens is 1. The molecule has 0 saturated heterocycles. The van der Waals surface area contributed by atoms with Crippen molar-refractivity contribution in [3.63, 3.8) is 0 Å². The smallest absolute Gasteiger partial charge is 0.406 e. The standard InChI is InChI=1S/C20H17N3O5/c1-27-16-11-9-15(10-12-16)22-20(24)18(14-6-3-2-4-7-14)28-17-8-5-13-21-19(17)23(25)26/h2-13,18H,1H3,(H,22,24). The summed E-state index contributed by atoms with van der Waals surface area (Å²) in [4.78, 5) is 27.2. The molecule has 1 N–H and O–H groups in total. The molecule has 1 unspecified atom stereocenters. The highest BCUT2D eigenvalue weighted by molar-refractivity contribution is 5.95. The largest absolute Gasteiger partial charge is 0.497 e. The van der Waals surface area contributed by atoms with E-state index in [0.717, 1.165) is 0 Å². The number of amides is 1. The number of hydrogen-bond donors (Lipinski definition) is 1. The highest BCUT2D eigenvalue weighted by Gasteiger charge is 2.27. The number of carbonyl (C=O) groups is 1. The van der Waals surface area contributed by atoms with Crippen LogP contribution >= 0.6 is 0 Å². The molecular formula is C20H17N3O5. The zero-order valence-corrected chi connectivity index (χ0v) is 14.9. The molecule has 1 atom stereocenters. The molecule has 0 fully saturated rings. The molecule has 0 bridgehead atoms. The van der Waals surface area contributed by atoms with Crippen molar-refractivity contribution in [1.29, 1.82) is 0 Å². The van der Waals surface area contributed by atoms with Crippen LogP contribution in [0.15, 0.2) is 72.9 Å². The third kappa shape index (κ3) is 4.42. The first-order chi connectivity index (χ1) is 13.6. The van der Waals surface area contributed by atoms with Gasteiger partial charge in [-0.1, -0.05) is 30.3 Å². The van der Waals surface area contributed by atoms with Crippen molar-refractivity contribution in [2.24, 2.45) is 0 Å². The van der Waals surface area contributed by atoms with Gasteiger partial charge in [0.1, 0.15) is 11.9 Å². The molecule has 0 aliphatic carbocycles. The first kappa shape index (κ1) is 18.8. The third-order valence-electron chi connectivity index (χ3n) is 3.87. The zero-order valence-electron chi connectivity index (χ0n) is 14.9. The van der Waals surface area contributed by atoms with Gasteiger partial charge in [-0.2, -0.15) is 0 Å². The molecule has 2 aromatic carbocycles. The monoisotopic (exact) mass is 379 g/mol. The van der Waals surface area contributed by atoms with E-state index >= 15 is 0 Å². The Morgan fingerprint density at radius 2 is 1.79 bits per heavy atom. The molecule has 0 aliphatic heterocycles. The van der Waals surface area contributed by atoms with Crippen molar-refractivity contribution in [2.45, 2.75) is 6.10 Å². The molecule has 1 amide bonds. The number of nitro groups is 1. The molecular weight excluding hydrogens is 362 g/mol. The van der Waals surface area contributed by atoms with Crippen LogP contribution < -0.4 is 14.8 Å². The van der Waals surface area contributed by atoms with Crippen molar-refractivity contribution in [3.05, 3.63) is 88.6 Å². The van der Waals surface area contributed by atoms with Gasteiger partial charge in [-0.3, -0.25) is 4.79 Å². The zero-order chi connectivity index (χ0) is 19.9. The van der Waals surface area contributed by atoms with Gasteiger partial charge >= 0.3 is 5.82 Å². The Kier molecular flexibility index (Phi) is 5.81. The Hall–Kier alpha value is -3.94. The van der Waals surface area contributed by atoms with Crippen molar-refractivity contribution in [2.75, 3.05) is 12.4 Å². The minimum absolute atomic E-state index is 0.0915. The maximum absolute atomic E-state index is 12.9. The molecule has 0 radical (unpaired) electrons. The van der Waals surface area contributed by atoms with E-state index in [-0.39, 0.29) is 5.75 Å². The van der Waals surface area contributed by atoms with Crippen molar-refractivity contribution < 1.29 is 19.2 Å². The summed E-state index contributed by atoms with van der Waals surface area (Å²) in [6.07, 6.45) is 0.186. The van der Waals surface area contributed by atoms with Crippen LogP contribution in [0.3, 0.4) is 0 Å². The Morgan fingerprint density at radius 3 is 2.43 bits per heavy atom. The van der Waals surface area contributed by atoms with Gasteiger partial charge in [0.2, 0.25) is 11.9 Å². The van der Waals surface area contributed by atoms with Gasteiger partial charge < -0.3 is 24.9 Å². The first-order valence-electron chi connectivity index (χ1n) is 8.34. The fraction of sp³-hybridized carbons (Fsp3) is 0.100. The Labute approximate surface area is 160 Å². The minimum Gasteiger partial charge on any atom is -0.497 e.